The average Bonchev–Trinajstić information content (AvgIpc) is 2.27. The van der Waals surface area contributed by atoms with Gasteiger partial charge in [0, 0.05) is 13.1 Å². The quantitative estimate of drug-likeness (QED) is 0.812. The first kappa shape index (κ1) is 15.6. The molecule has 1 fully saturated rings. The molecule has 0 radical (unpaired) electrons. The van der Waals surface area contributed by atoms with Gasteiger partial charge in [-0.3, -0.25) is 0 Å². The maximum Gasteiger partial charge on any atom is 0.422 e. The smallest absolute Gasteiger partial charge is 0.422 e. The molecule has 1 unspecified atom stereocenters. The fourth-order valence-corrected chi connectivity index (χ4v) is 1.75. The third kappa shape index (κ3) is 3.30. The van der Waals surface area contributed by atoms with Crippen LogP contribution in [0.1, 0.15) is 26.7 Å². The minimum atomic E-state index is -5.06. The highest BCUT2D eigenvalue weighted by atomic mass is 19.4. The summed E-state index contributed by atoms with van der Waals surface area (Å²) in [7, 11) is 0. The van der Waals surface area contributed by atoms with Crippen LogP contribution in [0, 0.1) is 5.92 Å². The van der Waals surface area contributed by atoms with Gasteiger partial charge in [-0.15, -0.1) is 0 Å². The maximum absolute atomic E-state index is 12.7. The van der Waals surface area contributed by atoms with Gasteiger partial charge in [0.2, 0.25) is 5.54 Å². The number of nitrogens with zero attached hydrogens (tertiary/aromatic N) is 1. The summed E-state index contributed by atoms with van der Waals surface area (Å²) in [5.74, 6) is -1.71. The molecule has 1 aliphatic rings. The number of likely N-dealkylation sites (tertiary alicyclic amines) is 1. The van der Waals surface area contributed by atoms with Gasteiger partial charge in [-0.2, -0.15) is 13.2 Å². The molecule has 19 heavy (non-hydrogen) atoms. The molecule has 0 aromatic rings. The molecule has 2 N–H and O–H groups in total. The lowest BCUT2D eigenvalue weighted by atomic mass is 9.99. The van der Waals surface area contributed by atoms with Gasteiger partial charge < -0.3 is 15.3 Å². The molecule has 1 saturated heterocycles. The van der Waals surface area contributed by atoms with E-state index in [9.17, 15) is 22.8 Å². The minimum Gasteiger partial charge on any atom is -0.479 e. The van der Waals surface area contributed by atoms with E-state index in [0.29, 0.717) is 38.8 Å². The number of rotatable bonds is 2. The Bertz CT molecular complexity index is 365. The number of hydrogen-bond acceptors (Lipinski definition) is 2. The fraction of sp³-hybridized carbons (Fsp3) is 0.818. The van der Waals surface area contributed by atoms with Crippen molar-refractivity contribution in [3.8, 4) is 0 Å². The van der Waals surface area contributed by atoms with E-state index in [1.165, 1.54) is 4.90 Å². The van der Waals surface area contributed by atoms with E-state index < -0.39 is 23.7 Å². The number of hydrogen-bond donors (Lipinski definition) is 2. The number of nitrogens with one attached hydrogen (secondary N) is 1. The van der Waals surface area contributed by atoms with Gasteiger partial charge in [0.1, 0.15) is 0 Å². The zero-order chi connectivity index (χ0) is 14.8. The Morgan fingerprint density at radius 3 is 2.11 bits per heavy atom. The number of carbonyl (C=O) groups excluding carboxylic acids is 1. The SMILES string of the molecule is CC1CCN(C(=O)NC(C)(C(=O)O)C(F)(F)F)CC1. The molecular weight excluding hydrogens is 265 g/mol. The van der Waals surface area contributed by atoms with Crippen molar-refractivity contribution >= 4 is 12.0 Å². The van der Waals surface area contributed by atoms with Crippen LogP contribution in [0.3, 0.4) is 0 Å². The molecule has 1 heterocycles. The number of amides is 2. The molecule has 0 aromatic carbocycles. The normalized spacial score (nSPS) is 20.8. The van der Waals surface area contributed by atoms with Crippen molar-refractivity contribution in [3.63, 3.8) is 0 Å². The summed E-state index contributed by atoms with van der Waals surface area (Å²) >= 11 is 0. The van der Waals surface area contributed by atoms with Crippen LogP contribution >= 0.6 is 0 Å². The van der Waals surface area contributed by atoms with Crippen LogP contribution in [0.2, 0.25) is 0 Å². The lowest BCUT2D eigenvalue weighted by Crippen LogP contribution is -2.64. The van der Waals surface area contributed by atoms with Crippen molar-refractivity contribution in [1.82, 2.24) is 10.2 Å². The summed E-state index contributed by atoms with van der Waals surface area (Å²) in [5.41, 5.74) is -3.27. The van der Waals surface area contributed by atoms with Crippen LogP contribution < -0.4 is 5.32 Å². The topological polar surface area (TPSA) is 69.6 Å². The van der Waals surface area contributed by atoms with Crippen LogP contribution in [0.15, 0.2) is 0 Å². The molecule has 1 rings (SSSR count). The molecule has 0 spiro atoms. The highest BCUT2D eigenvalue weighted by Crippen LogP contribution is 2.30. The second kappa shape index (κ2) is 5.26. The van der Waals surface area contributed by atoms with Gasteiger partial charge >= 0.3 is 18.2 Å². The summed E-state index contributed by atoms with van der Waals surface area (Å²) in [6.07, 6.45) is -3.66. The second-order valence-electron chi connectivity index (χ2n) is 5.03. The third-order valence-corrected chi connectivity index (χ3v) is 3.42. The van der Waals surface area contributed by atoms with Crippen molar-refractivity contribution < 1.29 is 27.9 Å². The number of piperidine rings is 1. The highest BCUT2D eigenvalue weighted by Gasteiger charge is 2.58. The van der Waals surface area contributed by atoms with E-state index in [2.05, 4.69) is 0 Å². The molecule has 110 valence electrons. The van der Waals surface area contributed by atoms with Crippen molar-refractivity contribution in [1.29, 1.82) is 0 Å². The van der Waals surface area contributed by atoms with Crippen molar-refractivity contribution in [3.05, 3.63) is 0 Å². The number of alkyl halides is 3. The van der Waals surface area contributed by atoms with Crippen LogP contribution in [-0.2, 0) is 4.79 Å². The van der Waals surface area contributed by atoms with Gasteiger partial charge in [0.15, 0.2) is 0 Å². The number of carbonyl (C=O) groups is 2. The Morgan fingerprint density at radius 1 is 1.26 bits per heavy atom. The molecule has 0 aliphatic carbocycles. The summed E-state index contributed by atoms with van der Waals surface area (Å²) in [5, 5.41) is 10.3. The Labute approximate surface area is 108 Å². The number of halogens is 3. The van der Waals surface area contributed by atoms with Crippen LogP contribution in [0.25, 0.3) is 0 Å². The molecular formula is C11H17F3N2O3. The lowest BCUT2D eigenvalue weighted by Gasteiger charge is -2.34. The van der Waals surface area contributed by atoms with Gasteiger partial charge in [-0.1, -0.05) is 6.92 Å². The molecule has 1 aliphatic heterocycles. The number of aliphatic carboxylic acids is 1. The van der Waals surface area contributed by atoms with Gasteiger partial charge in [-0.05, 0) is 25.7 Å². The molecule has 0 aromatic heterocycles. The zero-order valence-corrected chi connectivity index (χ0v) is 10.8. The zero-order valence-electron chi connectivity index (χ0n) is 10.8. The second-order valence-corrected chi connectivity index (χ2v) is 5.03. The maximum atomic E-state index is 12.7. The van der Waals surface area contributed by atoms with Crippen molar-refractivity contribution in [2.75, 3.05) is 13.1 Å². The van der Waals surface area contributed by atoms with Crippen molar-refractivity contribution in [2.45, 2.75) is 38.4 Å². The van der Waals surface area contributed by atoms with E-state index in [1.807, 2.05) is 6.92 Å². The number of urea groups is 1. The van der Waals surface area contributed by atoms with E-state index in [4.69, 9.17) is 5.11 Å². The number of carboxylic acids is 1. The Kier molecular flexibility index (Phi) is 4.32. The first-order valence-electron chi connectivity index (χ1n) is 5.95. The summed E-state index contributed by atoms with van der Waals surface area (Å²) in [4.78, 5) is 23.7. The summed E-state index contributed by atoms with van der Waals surface area (Å²) in [6.45, 7) is 3.10. The van der Waals surface area contributed by atoms with E-state index in [0.717, 1.165) is 0 Å². The third-order valence-electron chi connectivity index (χ3n) is 3.42. The predicted molar refractivity (Wildman–Crippen MR) is 60.6 cm³/mol. The number of carboxylic acid groups (broad SMARTS) is 1. The summed E-state index contributed by atoms with van der Waals surface area (Å²) in [6, 6.07) is -0.992. The van der Waals surface area contributed by atoms with Gasteiger partial charge in [0.05, 0.1) is 0 Å². The lowest BCUT2D eigenvalue weighted by molar-refractivity contribution is -0.203. The van der Waals surface area contributed by atoms with Crippen molar-refractivity contribution in [2.24, 2.45) is 5.92 Å². The first-order valence-corrected chi connectivity index (χ1v) is 5.95. The predicted octanol–water partition coefficient (Wildman–Crippen LogP) is 1.83. The van der Waals surface area contributed by atoms with Crippen LogP contribution in [0.5, 0.6) is 0 Å². The standard InChI is InChI=1S/C11H17F3N2O3/c1-7-3-5-16(6-4-7)9(19)15-10(2,8(17)18)11(12,13)14/h7H,3-6H2,1-2H3,(H,15,19)(H,17,18). The minimum absolute atomic E-state index is 0.334. The molecule has 8 heteroatoms. The van der Waals surface area contributed by atoms with E-state index in [-0.39, 0.29) is 0 Å². The van der Waals surface area contributed by atoms with Gasteiger partial charge in [0.25, 0.3) is 0 Å². The largest absolute Gasteiger partial charge is 0.479 e. The molecule has 1 atom stereocenters. The molecule has 0 bridgehead atoms. The van der Waals surface area contributed by atoms with Crippen LogP contribution in [0.4, 0.5) is 18.0 Å². The highest BCUT2D eigenvalue weighted by molar-refractivity contribution is 5.86. The Morgan fingerprint density at radius 2 is 1.74 bits per heavy atom. The van der Waals surface area contributed by atoms with E-state index in [1.54, 1.807) is 5.32 Å². The summed E-state index contributed by atoms with van der Waals surface area (Å²) < 4.78 is 38.2. The molecule has 2 amide bonds. The van der Waals surface area contributed by atoms with E-state index >= 15 is 0 Å². The fourth-order valence-electron chi connectivity index (χ4n) is 1.75. The molecule has 0 saturated carbocycles. The molecule has 5 nitrogen and oxygen atoms in total. The van der Waals surface area contributed by atoms with Crippen LogP contribution in [-0.4, -0.2) is 46.8 Å². The Hall–Kier alpha value is -1.47. The van der Waals surface area contributed by atoms with Gasteiger partial charge in [-0.25, -0.2) is 9.59 Å². The first-order chi connectivity index (χ1) is 8.58. The average molecular weight is 282 g/mol. The Balaban J connectivity index is 2.76. The monoisotopic (exact) mass is 282 g/mol.